The van der Waals surface area contributed by atoms with E-state index in [1.54, 1.807) is 0 Å². The molecule has 28 heavy (non-hydrogen) atoms. The van der Waals surface area contributed by atoms with Crippen molar-refractivity contribution in [1.82, 2.24) is 0 Å². The highest BCUT2D eigenvalue weighted by Crippen LogP contribution is 2.41. The van der Waals surface area contributed by atoms with Crippen LogP contribution >= 0.6 is 0 Å². The van der Waals surface area contributed by atoms with Gasteiger partial charge in [-0.05, 0) is 61.5 Å². The van der Waals surface area contributed by atoms with Gasteiger partial charge in [-0.15, -0.1) is 0 Å². The topological polar surface area (TPSA) is 0 Å². The maximum Gasteiger partial charge on any atom is 0.162 e. The van der Waals surface area contributed by atoms with E-state index in [0.29, 0.717) is 17.9 Å². The molecule has 2 aliphatic rings. The van der Waals surface area contributed by atoms with Crippen LogP contribution in [0.5, 0.6) is 0 Å². The molecule has 154 valence electrons. The van der Waals surface area contributed by atoms with Gasteiger partial charge in [0.2, 0.25) is 0 Å². The first-order chi connectivity index (χ1) is 13.6. The molecule has 0 aromatic heterocycles. The molecule has 0 spiro atoms. The Kier molecular flexibility index (Phi) is 7.88. The minimum Gasteiger partial charge on any atom is -0.208 e. The Morgan fingerprint density at radius 1 is 0.857 bits per heavy atom. The fourth-order valence-electron chi connectivity index (χ4n) is 4.91. The summed E-state index contributed by atoms with van der Waals surface area (Å²) >= 11 is 0. The summed E-state index contributed by atoms with van der Waals surface area (Å²) in [5, 5.41) is 0. The van der Waals surface area contributed by atoms with Crippen LogP contribution in [0.15, 0.2) is 42.0 Å². The van der Waals surface area contributed by atoms with Crippen LogP contribution in [0, 0.1) is 11.8 Å². The lowest BCUT2D eigenvalue weighted by molar-refractivity contribution is 0.304. The normalized spacial score (nSPS) is 25.7. The molecule has 1 saturated carbocycles. The summed E-state index contributed by atoms with van der Waals surface area (Å²) in [6.07, 6.45) is 14.4. The second-order valence-corrected chi connectivity index (χ2v) is 8.84. The van der Waals surface area contributed by atoms with Gasteiger partial charge in [0.1, 0.15) is 5.83 Å². The Balaban J connectivity index is 1.61. The number of benzene rings is 1. The maximum absolute atomic E-state index is 14.6. The van der Waals surface area contributed by atoms with E-state index in [1.165, 1.54) is 50.5 Å². The molecule has 1 atom stereocenters. The number of unbranched alkanes of at least 4 members (excludes halogenated alkanes) is 2. The number of hydrogen-bond acceptors (Lipinski definition) is 0. The summed E-state index contributed by atoms with van der Waals surface area (Å²) in [6, 6.07) is 8.26. The van der Waals surface area contributed by atoms with Crippen LogP contribution in [-0.4, -0.2) is 0 Å². The van der Waals surface area contributed by atoms with E-state index >= 15 is 0 Å². The molecule has 0 saturated heterocycles. The molecule has 1 unspecified atom stereocenters. The quantitative estimate of drug-likeness (QED) is 0.418. The van der Waals surface area contributed by atoms with Crippen molar-refractivity contribution in [2.75, 3.05) is 0 Å². The molecule has 2 heteroatoms. The lowest BCUT2D eigenvalue weighted by Crippen LogP contribution is -2.13. The summed E-state index contributed by atoms with van der Waals surface area (Å²) in [5.41, 5.74) is 2.61. The van der Waals surface area contributed by atoms with Crippen molar-refractivity contribution < 1.29 is 8.78 Å². The van der Waals surface area contributed by atoms with Crippen molar-refractivity contribution in [1.29, 1.82) is 0 Å². The molecule has 3 rings (SSSR count). The van der Waals surface area contributed by atoms with Crippen LogP contribution in [0.1, 0.15) is 102 Å². The van der Waals surface area contributed by atoms with Gasteiger partial charge in [0.15, 0.2) is 5.83 Å². The predicted molar refractivity (Wildman–Crippen MR) is 116 cm³/mol. The predicted octanol–water partition coefficient (Wildman–Crippen LogP) is 8.89. The molecule has 1 aromatic rings. The first-order valence-electron chi connectivity index (χ1n) is 11.5. The Hall–Kier alpha value is -1.44. The minimum absolute atomic E-state index is 0.272. The van der Waals surface area contributed by atoms with Gasteiger partial charge in [-0.2, -0.15) is 0 Å². The largest absolute Gasteiger partial charge is 0.208 e. The molecule has 0 N–H and O–H groups in total. The zero-order valence-electron chi connectivity index (χ0n) is 17.7. The third kappa shape index (κ3) is 5.13. The van der Waals surface area contributed by atoms with Gasteiger partial charge in [0.25, 0.3) is 0 Å². The molecule has 0 amide bonds. The molecule has 0 heterocycles. The van der Waals surface area contributed by atoms with Gasteiger partial charge in [0.05, 0.1) is 0 Å². The SMILES string of the molecule is CCCCC1CCC(c2ccc(C3=CCC(CCCC)C(F)=C3F)cc2)CC1. The van der Waals surface area contributed by atoms with E-state index in [2.05, 4.69) is 26.0 Å². The maximum atomic E-state index is 14.6. The molecule has 0 nitrogen and oxygen atoms in total. The lowest BCUT2D eigenvalue weighted by Gasteiger charge is -2.29. The number of allylic oxidation sites excluding steroid dienone is 4. The zero-order valence-corrected chi connectivity index (χ0v) is 17.7. The van der Waals surface area contributed by atoms with Gasteiger partial charge in [-0.1, -0.05) is 76.3 Å². The molecular weight excluding hydrogens is 350 g/mol. The summed E-state index contributed by atoms with van der Waals surface area (Å²) in [6.45, 7) is 4.35. The fraction of sp³-hybridized carbons (Fsp3) is 0.615. The highest BCUT2D eigenvalue weighted by atomic mass is 19.2. The third-order valence-corrected chi connectivity index (χ3v) is 6.82. The van der Waals surface area contributed by atoms with Gasteiger partial charge in [-0.25, -0.2) is 8.78 Å². The van der Waals surface area contributed by atoms with Crippen molar-refractivity contribution in [3.8, 4) is 0 Å². The standard InChI is InChI=1S/C26H36F2/c1-3-5-7-19-9-11-20(12-10-19)21-13-15-22(16-14-21)24-18-17-23(8-6-4-2)25(27)26(24)28/h13-16,18-20,23H,3-12,17H2,1-2H3. The van der Waals surface area contributed by atoms with E-state index in [9.17, 15) is 8.78 Å². The second kappa shape index (κ2) is 10.4. The van der Waals surface area contributed by atoms with Gasteiger partial charge in [0, 0.05) is 11.5 Å². The summed E-state index contributed by atoms with van der Waals surface area (Å²) < 4.78 is 29.1. The highest BCUT2D eigenvalue weighted by Gasteiger charge is 2.26. The summed E-state index contributed by atoms with van der Waals surface area (Å²) in [4.78, 5) is 0. The molecular formula is C26H36F2. The van der Waals surface area contributed by atoms with E-state index in [0.717, 1.165) is 30.7 Å². The Bertz CT molecular complexity index is 675. The fourth-order valence-corrected chi connectivity index (χ4v) is 4.91. The molecule has 2 aliphatic carbocycles. The highest BCUT2D eigenvalue weighted by molar-refractivity contribution is 5.78. The summed E-state index contributed by atoms with van der Waals surface area (Å²) in [5.74, 6) is 0.0800. The van der Waals surface area contributed by atoms with Gasteiger partial charge in [-0.3, -0.25) is 0 Å². The summed E-state index contributed by atoms with van der Waals surface area (Å²) in [7, 11) is 0. The van der Waals surface area contributed by atoms with Crippen molar-refractivity contribution in [3.05, 3.63) is 53.1 Å². The average Bonchev–Trinajstić information content (AvgIpc) is 2.74. The smallest absolute Gasteiger partial charge is 0.162 e. The van der Waals surface area contributed by atoms with Crippen molar-refractivity contribution in [2.45, 2.75) is 90.4 Å². The molecule has 0 radical (unpaired) electrons. The van der Waals surface area contributed by atoms with Crippen molar-refractivity contribution in [2.24, 2.45) is 11.8 Å². The van der Waals surface area contributed by atoms with Gasteiger partial charge < -0.3 is 0 Å². The van der Waals surface area contributed by atoms with Crippen LogP contribution < -0.4 is 0 Å². The number of halogens is 2. The second-order valence-electron chi connectivity index (χ2n) is 8.84. The number of hydrogen-bond donors (Lipinski definition) is 0. The van der Waals surface area contributed by atoms with Crippen molar-refractivity contribution in [3.63, 3.8) is 0 Å². The molecule has 1 aromatic carbocycles. The van der Waals surface area contributed by atoms with Gasteiger partial charge >= 0.3 is 0 Å². The van der Waals surface area contributed by atoms with E-state index in [-0.39, 0.29) is 5.92 Å². The van der Waals surface area contributed by atoms with Crippen LogP contribution in [0.3, 0.4) is 0 Å². The zero-order chi connectivity index (χ0) is 19.9. The Labute approximate surface area is 170 Å². The van der Waals surface area contributed by atoms with E-state index in [4.69, 9.17) is 0 Å². The van der Waals surface area contributed by atoms with E-state index in [1.807, 2.05) is 18.2 Å². The Morgan fingerprint density at radius 2 is 1.50 bits per heavy atom. The minimum atomic E-state index is -0.642. The molecule has 0 bridgehead atoms. The van der Waals surface area contributed by atoms with Crippen LogP contribution in [0.4, 0.5) is 8.78 Å². The van der Waals surface area contributed by atoms with Crippen molar-refractivity contribution >= 4 is 5.57 Å². The van der Waals surface area contributed by atoms with Crippen LogP contribution in [0.25, 0.3) is 5.57 Å². The first-order valence-corrected chi connectivity index (χ1v) is 11.5. The molecule has 0 aliphatic heterocycles. The Morgan fingerprint density at radius 3 is 2.14 bits per heavy atom. The molecule has 1 fully saturated rings. The monoisotopic (exact) mass is 386 g/mol. The third-order valence-electron chi connectivity index (χ3n) is 6.82. The van der Waals surface area contributed by atoms with Crippen LogP contribution in [0.2, 0.25) is 0 Å². The first kappa shape index (κ1) is 21.3. The average molecular weight is 387 g/mol. The van der Waals surface area contributed by atoms with Crippen LogP contribution in [-0.2, 0) is 0 Å². The number of rotatable bonds is 8. The lowest BCUT2D eigenvalue weighted by atomic mass is 9.77. The van der Waals surface area contributed by atoms with E-state index < -0.39 is 11.7 Å².